The molecule has 1 heterocycles. The average molecular weight is 503 g/mol. The van der Waals surface area contributed by atoms with E-state index >= 15 is 0 Å². The number of rotatable bonds is 4. The van der Waals surface area contributed by atoms with Gasteiger partial charge < -0.3 is 4.57 Å². The fraction of sp³-hybridized carbons (Fsp3) is 0.0588. The monoisotopic (exact) mass is 503 g/mol. The number of aryl methyl sites for hydroxylation is 1. The number of nitrogens with zero attached hydrogens (tertiary/aromatic N) is 2. The van der Waals surface area contributed by atoms with Gasteiger partial charge in [-0.2, -0.15) is 0 Å². The summed E-state index contributed by atoms with van der Waals surface area (Å²) in [6.45, 7) is 0. The Balaban J connectivity index is 1.95. The first kappa shape index (κ1) is 19.4. The molecule has 1 N–H and O–H groups in total. The number of nitrogens with one attached hydrogen (secondary N) is 1. The van der Waals surface area contributed by atoms with Crippen LogP contribution in [0.15, 0.2) is 53.6 Å². The van der Waals surface area contributed by atoms with Gasteiger partial charge in [-0.25, -0.2) is 26.9 Å². The Bertz CT molecular complexity index is 1130. The highest BCUT2D eigenvalue weighted by Crippen LogP contribution is 2.25. The van der Waals surface area contributed by atoms with E-state index in [0.29, 0.717) is 3.57 Å². The van der Waals surface area contributed by atoms with E-state index in [2.05, 4.69) is 4.98 Å². The molecule has 0 saturated heterocycles. The summed E-state index contributed by atoms with van der Waals surface area (Å²) in [5.74, 6) is -2.83. The number of amides is 1. The van der Waals surface area contributed by atoms with Gasteiger partial charge in [0.2, 0.25) is 0 Å². The molecule has 10 heteroatoms. The molecule has 0 radical (unpaired) electrons. The number of hydrogen-bond acceptors (Lipinski definition) is 4. The molecule has 0 atom stereocenters. The maximum Gasteiger partial charge on any atom is 0.285 e. The van der Waals surface area contributed by atoms with Gasteiger partial charge in [0.15, 0.2) is 0 Å². The number of halogens is 3. The summed E-state index contributed by atoms with van der Waals surface area (Å²) in [4.78, 5) is 16.2. The van der Waals surface area contributed by atoms with Crippen LogP contribution >= 0.6 is 22.6 Å². The molecule has 3 aromatic rings. The van der Waals surface area contributed by atoms with Crippen molar-refractivity contribution in [2.75, 3.05) is 0 Å². The zero-order valence-corrected chi connectivity index (χ0v) is 16.8. The fourth-order valence-electron chi connectivity index (χ4n) is 2.41. The minimum Gasteiger partial charge on any atom is -0.333 e. The quantitative estimate of drug-likeness (QED) is 0.556. The van der Waals surface area contributed by atoms with Crippen molar-refractivity contribution in [1.29, 1.82) is 0 Å². The van der Waals surface area contributed by atoms with Crippen molar-refractivity contribution < 1.29 is 22.0 Å². The van der Waals surface area contributed by atoms with Crippen LogP contribution in [0.5, 0.6) is 0 Å². The van der Waals surface area contributed by atoms with Gasteiger partial charge in [-0.15, -0.1) is 0 Å². The summed E-state index contributed by atoms with van der Waals surface area (Å²) in [7, 11) is -2.68. The largest absolute Gasteiger partial charge is 0.333 e. The Morgan fingerprint density at radius 2 is 1.74 bits per heavy atom. The van der Waals surface area contributed by atoms with E-state index in [4.69, 9.17) is 0 Å². The van der Waals surface area contributed by atoms with Crippen LogP contribution in [0.25, 0.3) is 11.4 Å². The van der Waals surface area contributed by atoms with E-state index < -0.39 is 33.1 Å². The SMILES string of the molecule is Cn1cc(C(=O)NS(=O)(=O)c2ccccc2I)nc1-c1c(F)cccc1F. The van der Waals surface area contributed by atoms with E-state index in [-0.39, 0.29) is 16.4 Å². The minimum absolute atomic E-state index is 0.0600. The van der Waals surface area contributed by atoms with Gasteiger partial charge in [0, 0.05) is 16.8 Å². The summed E-state index contributed by atoms with van der Waals surface area (Å²) in [5, 5.41) is 0. The highest BCUT2D eigenvalue weighted by molar-refractivity contribution is 14.1. The zero-order valence-electron chi connectivity index (χ0n) is 13.8. The van der Waals surface area contributed by atoms with Crippen molar-refractivity contribution in [2.45, 2.75) is 4.90 Å². The van der Waals surface area contributed by atoms with Crippen LogP contribution in [0.1, 0.15) is 10.5 Å². The maximum absolute atomic E-state index is 14.0. The summed E-state index contributed by atoms with van der Waals surface area (Å²) in [6.07, 6.45) is 1.20. The first-order chi connectivity index (χ1) is 12.7. The molecule has 6 nitrogen and oxygen atoms in total. The number of carbonyl (C=O) groups excluding carboxylic acids is 1. The summed E-state index contributed by atoms with van der Waals surface area (Å²) in [6, 6.07) is 9.47. The smallest absolute Gasteiger partial charge is 0.285 e. The third-order valence-corrected chi connectivity index (χ3v) is 6.34. The summed E-state index contributed by atoms with van der Waals surface area (Å²) < 4.78 is 56.4. The van der Waals surface area contributed by atoms with Gasteiger partial charge in [-0.1, -0.05) is 18.2 Å². The maximum atomic E-state index is 14.0. The molecular weight excluding hydrogens is 491 g/mol. The Labute approximate surface area is 167 Å². The van der Waals surface area contributed by atoms with Crippen LogP contribution in [0.2, 0.25) is 0 Å². The molecule has 140 valence electrons. The van der Waals surface area contributed by atoms with Crippen molar-refractivity contribution in [3.05, 3.63) is 69.6 Å². The van der Waals surface area contributed by atoms with Gasteiger partial charge >= 0.3 is 0 Å². The second-order valence-electron chi connectivity index (χ2n) is 5.52. The van der Waals surface area contributed by atoms with Gasteiger partial charge in [0.1, 0.15) is 28.0 Å². The molecule has 0 saturated carbocycles. The molecule has 0 aliphatic carbocycles. The minimum atomic E-state index is -4.13. The van der Waals surface area contributed by atoms with Gasteiger partial charge in [-0.05, 0) is 46.9 Å². The van der Waals surface area contributed by atoms with Crippen LogP contribution in [0.4, 0.5) is 8.78 Å². The average Bonchev–Trinajstić information content (AvgIpc) is 2.96. The van der Waals surface area contributed by atoms with Crippen molar-refractivity contribution in [3.63, 3.8) is 0 Å². The van der Waals surface area contributed by atoms with E-state index in [1.165, 1.54) is 36.0 Å². The first-order valence-corrected chi connectivity index (χ1v) is 10.1. The topological polar surface area (TPSA) is 81.1 Å². The normalized spacial score (nSPS) is 11.4. The fourth-order valence-corrected chi connectivity index (χ4v) is 4.71. The van der Waals surface area contributed by atoms with Crippen LogP contribution in [-0.2, 0) is 17.1 Å². The van der Waals surface area contributed by atoms with Crippen LogP contribution in [0, 0.1) is 15.2 Å². The standard InChI is InChI=1S/C17H12F2IN3O3S/c1-23-9-13(21-16(23)15-10(18)5-4-6-11(15)19)17(24)22-27(25,26)14-8-3-2-7-12(14)20/h2-9H,1H3,(H,22,24). The van der Waals surface area contributed by atoms with E-state index in [0.717, 1.165) is 12.1 Å². The first-order valence-electron chi connectivity index (χ1n) is 7.50. The lowest BCUT2D eigenvalue weighted by molar-refractivity contribution is 0.0977. The third-order valence-electron chi connectivity index (χ3n) is 3.65. The molecule has 0 fully saturated rings. The molecule has 1 aromatic heterocycles. The van der Waals surface area contributed by atoms with Crippen molar-refractivity contribution in [1.82, 2.24) is 14.3 Å². The molecule has 3 rings (SSSR count). The lowest BCUT2D eigenvalue weighted by Crippen LogP contribution is -2.31. The number of imidazole rings is 1. The predicted octanol–water partition coefficient (Wildman–Crippen LogP) is 3.09. The summed E-state index contributed by atoms with van der Waals surface area (Å²) >= 11 is 1.84. The number of benzene rings is 2. The molecule has 0 aliphatic heterocycles. The highest BCUT2D eigenvalue weighted by atomic mass is 127. The van der Waals surface area contributed by atoms with E-state index in [9.17, 15) is 22.0 Å². The highest BCUT2D eigenvalue weighted by Gasteiger charge is 2.24. The second kappa shape index (κ2) is 7.35. The molecular formula is C17H12F2IN3O3S. The van der Waals surface area contributed by atoms with Gasteiger partial charge in [0.05, 0.1) is 5.56 Å². The van der Waals surface area contributed by atoms with Gasteiger partial charge in [0.25, 0.3) is 15.9 Å². The molecule has 0 aliphatic rings. The molecule has 27 heavy (non-hydrogen) atoms. The predicted molar refractivity (Wildman–Crippen MR) is 102 cm³/mol. The molecule has 1 amide bonds. The Morgan fingerprint density at radius 1 is 1.11 bits per heavy atom. The van der Waals surface area contributed by atoms with Crippen LogP contribution < -0.4 is 4.72 Å². The van der Waals surface area contributed by atoms with Crippen molar-refractivity contribution >= 4 is 38.5 Å². The second-order valence-corrected chi connectivity index (χ2v) is 8.34. The zero-order chi connectivity index (χ0) is 19.8. The molecule has 2 aromatic carbocycles. The number of carbonyl (C=O) groups is 1. The Kier molecular flexibility index (Phi) is 5.29. The molecule has 0 spiro atoms. The number of aromatic nitrogens is 2. The molecule has 0 bridgehead atoms. The van der Waals surface area contributed by atoms with Crippen molar-refractivity contribution in [2.24, 2.45) is 7.05 Å². The third kappa shape index (κ3) is 3.86. The lowest BCUT2D eigenvalue weighted by Gasteiger charge is -2.07. The van der Waals surface area contributed by atoms with E-state index in [1.807, 2.05) is 27.3 Å². The number of sulfonamides is 1. The lowest BCUT2D eigenvalue weighted by atomic mass is 10.2. The Hall–Kier alpha value is -2.34. The number of hydrogen-bond donors (Lipinski definition) is 1. The molecule has 0 unspecified atom stereocenters. The summed E-state index contributed by atoms with van der Waals surface area (Å²) in [5.41, 5.74) is -0.691. The van der Waals surface area contributed by atoms with Crippen LogP contribution in [-0.4, -0.2) is 23.9 Å². The Morgan fingerprint density at radius 3 is 2.37 bits per heavy atom. The van der Waals surface area contributed by atoms with Crippen LogP contribution in [0.3, 0.4) is 0 Å². The van der Waals surface area contributed by atoms with E-state index in [1.54, 1.807) is 12.1 Å². The van der Waals surface area contributed by atoms with Crippen molar-refractivity contribution in [3.8, 4) is 11.4 Å². The van der Waals surface area contributed by atoms with Gasteiger partial charge in [-0.3, -0.25) is 4.79 Å².